The summed E-state index contributed by atoms with van der Waals surface area (Å²) in [5, 5.41) is 5.14. The van der Waals surface area contributed by atoms with E-state index in [2.05, 4.69) is 10.1 Å². The molecule has 2 aromatic heterocycles. The van der Waals surface area contributed by atoms with Crippen LogP contribution in [0.5, 0.6) is 0 Å². The number of carbonyl (C=O) groups excluding carboxylic acids is 1. The van der Waals surface area contributed by atoms with E-state index in [1.54, 1.807) is 35.0 Å². The van der Waals surface area contributed by atoms with Gasteiger partial charge >= 0.3 is 0 Å². The standard InChI is InChI=1S/C18H24N4O3/c1-12(2)22-17-14(11-19-22)10-13(18(24)20-17)4-5-16(23)21-8-6-15(25-3)7-9-21/h4-5,10-12,15H,6-9H2,1-3H3,(H,20,24). The van der Waals surface area contributed by atoms with Crippen LogP contribution < -0.4 is 5.56 Å². The molecule has 0 bridgehead atoms. The van der Waals surface area contributed by atoms with E-state index in [-0.39, 0.29) is 23.6 Å². The average molecular weight is 344 g/mol. The molecule has 25 heavy (non-hydrogen) atoms. The highest BCUT2D eigenvalue weighted by Gasteiger charge is 2.21. The zero-order valence-corrected chi connectivity index (χ0v) is 14.9. The van der Waals surface area contributed by atoms with E-state index in [9.17, 15) is 9.59 Å². The molecule has 7 heteroatoms. The Morgan fingerprint density at radius 3 is 2.76 bits per heavy atom. The van der Waals surface area contributed by atoms with Crippen LogP contribution in [0.4, 0.5) is 0 Å². The number of likely N-dealkylation sites (tertiary alicyclic amines) is 1. The molecule has 134 valence electrons. The molecule has 0 radical (unpaired) electrons. The second-order valence-corrected chi connectivity index (χ2v) is 6.63. The number of fused-ring (bicyclic) bond motifs is 1. The topological polar surface area (TPSA) is 80.2 Å². The fourth-order valence-electron chi connectivity index (χ4n) is 3.12. The molecule has 1 fully saturated rings. The summed E-state index contributed by atoms with van der Waals surface area (Å²) in [5.41, 5.74) is 0.929. The molecule has 1 aliphatic rings. The highest BCUT2D eigenvalue weighted by molar-refractivity contribution is 5.92. The first-order chi connectivity index (χ1) is 12.0. The molecule has 0 atom stereocenters. The minimum Gasteiger partial charge on any atom is -0.381 e. The number of piperidine rings is 1. The van der Waals surface area contributed by atoms with Crippen LogP contribution in [0.1, 0.15) is 38.3 Å². The summed E-state index contributed by atoms with van der Waals surface area (Å²) in [6, 6.07) is 1.92. The molecule has 1 amide bonds. The van der Waals surface area contributed by atoms with Crippen LogP contribution in [0.25, 0.3) is 17.1 Å². The van der Waals surface area contributed by atoms with Gasteiger partial charge in [0.25, 0.3) is 5.56 Å². The number of methoxy groups -OCH3 is 1. The second kappa shape index (κ2) is 7.23. The first-order valence-corrected chi connectivity index (χ1v) is 8.60. The number of carbonyl (C=O) groups is 1. The Kier molecular flexibility index (Phi) is 5.03. The van der Waals surface area contributed by atoms with Gasteiger partial charge in [0.1, 0.15) is 5.65 Å². The van der Waals surface area contributed by atoms with Gasteiger partial charge in [-0.05, 0) is 38.8 Å². The van der Waals surface area contributed by atoms with Crippen molar-refractivity contribution in [3.63, 3.8) is 0 Å². The quantitative estimate of drug-likeness (QED) is 0.860. The van der Waals surface area contributed by atoms with Gasteiger partial charge in [-0.1, -0.05) is 0 Å². The normalized spacial score (nSPS) is 16.4. The molecule has 0 aliphatic carbocycles. The Labute approximate surface area is 146 Å². The van der Waals surface area contributed by atoms with Crippen molar-refractivity contribution < 1.29 is 9.53 Å². The summed E-state index contributed by atoms with van der Waals surface area (Å²) in [7, 11) is 1.70. The molecule has 2 aromatic rings. The lowest BCUT2D eigenvalue weighted by molar-refractivity contribution is -0.128. The van der Waals surface area contributed by atoms with Gasteiger partial charge in [-0.25, -0.2) is 4.68 Å². The summed E-state index contributed by atoms with van der Waals surface area (Å²) >= 11 is 0. The van der Waals surface area contributed by atoms with Crippen molar-refractivity contribution in [3.05, 3.63) is 34.3 Å². The Hall–Kier alpha value is -2.41. The first kappa shape index (κ1) is 17.4. The maximum absolute atomic E-state index is 12.3. The molecule has 0 unspecified atom stereocenters. The van der Waals surface area contributed by atoms with E-state index in [0.717, 1.165) is 18.2 Å². The first-order valence-electron chi connectivity index (χ1n) is 8.60. The van der Waals surface area contributed by atoms with Gasteiger partial charge in [-0.3, -0.25) is 9.59 Å². The zero-order chi connectivity index (χ0) is 18.0. The number of amides is 1. The van der Waals surface area contributed by atoms with Crippen molar-refractivity contribution in [3.8, 4) is 0 Å². The maximum atomic E-state index is 12.3. The number of hydrogen-bond acceptors (Lipinski definition) is 4. The van der Waals surface area contributed by atoms with E-state index >= 15 is 0 Å². The highest BCUT2D eigenvalue weighted by atomic mass is 16.5. The van der Waals surface area contributed by atoms with Gasteiger partial charge in [0.15, 0.2) is 0 Å². The fourth-order valence-corrected chi connectivity index (χ4v) is 3.12. The number of aromatic nitrogens is 3. The lowest BCUT2D eigenvalue weighted by atomic mass is 10.1. The monoisotopic (exact) mass is 344 g/mol. The van der Waals surface area contributed by atoms with Crippen LogP contribution in [0, 0.1) is 0 Å². The molecule has 1 saturated heterocycles. The number of pyridine rings is 1. The largest absolute Gasteiger partial charge is 0.381 e. The van der Waals surface area contributed by atoms with Crippen molar-refractivity contribution in [1.29, 1.82) is 0 Å². The summed E-state index contributed by atoms with van der Waals surface area (Å²) < 4.78 is 7.09. The molecule has 3 heterocycles. The third-order valence-electron chi connectivity index (χ3n) is 4.61. The maximum Gasteiger partial charge on any atom is 0.256 e. The number of ether oxygens (including phenoxy) is 1. The Morgan fingerprint density at radius 1 is 1.40 bits per heavy atom. The van der Waals surface area contributed by atoms with Crippen LogP contribution in [-0.2, 0) is 9.53 Å². The predicted octanol–water partition coefficient (Wildman–Crippen LogP) is 1.96. The summed E-state index contributed by atoms with van der Waals surface area (Å²) in [6.45, 7) is 5.37. The third-order valence-corrected chi connectivity index (χ3v) is 4.61. The number of rotatable bonds is 4. The SMILES string of the molecule is COC1CCN(C(=O)C=Cc2cc3cnn(C(C)C)c3[nH]c2=O)CC1. The van der Waals surface area contributed by atoms with Crippen molar-refractivity contribution in [2.45, 2.75) is 38.8 Å². The fraction of sp³-hybridized carbons (Fsp3) is 0.500. The number of hydrogen-bond donors (Lipinski definition) is 1. The number of H-pyrrole nitrogens is 1. The van der Waals surface area contributed by atoms with Gasteiger partial charge in [0.2, 0.25) is 5.91 Å². The van der Waals surface area contributed by atoms with Gasteiger partial charge in [0.05, 0.1) is 12.3 Å². The molecule has 1 aliphatic heterocycles. The number of nitrogens with zero attached hydrogens (tertiary/aromatic N) is 3. The van der Waals surface area contributed by atoms with Crippen LogP contribution in [0.15, 0.2) is 23.1 Å². The smallest absolute Gasteiger partial charge is 0.256 e. The Morgan fingerprint density at radius 2 is 2.12 bits per heavy atom. The van der Waals surface area contributed by atoms with E-state index < -0.39 is 0 Å². The lowest BCUT2D eigenvalue weighted by Gasteiger charge is -2.30. The number of nitrogens with one attached hydrogen (secondary N) is 1. The minimum absolute atomic E-state index is 0.0769. The molecule has 1 N–H and O–H groups in total. The molecule has 7 nitrogen and oxygen atoms in total. The van der Waals surface area contributed by atoms with E-state index in [4.69, 9.17) is 4.74 Å². The van der Waals surface area contributed by atoms with Crippen molar-refractivity contribution in [1.82, 2.24) is 19.7 Å². The van der Waals surface area contributed by atoms with Crippen LogP contribution in [0.3, 0.4) is 0 Å². The number of aromatic amines is 1. The van der Waals surface area contributed by atoms with Gasteiger partial charge < -0.3 is 14.6 Å². The zero-order valence-electron chi connectivity index (χ0n) is 14.9. The minimum atomic E-state index is -0.225. The van der Waals surface area contributed by atoms with Crippen LogP contribution in [-0.4, -0.2) is 51.9 Å². The van der Waals surface area contributed by atoms with Gasteiger partial charge in [-0.2, -0.15) is 5.10 Å². The molecule has 0 spiro atoms. The van der Waals surface area contributed by atoms with Crippen molar-refractivity contribution >= 4 is 23.0 Å². The Balaban J connectivity index is 1.76. The third kappa shape index (κ3) is 3.66. The molecular formula is C18H24N4O3. The highest BCUT2D eigenvalue weighted by Crippen LogP contribution is 2.16. The summed E-state index contributed by atoms with van der Waals surface area (Å²) in [5.74, 6) is -0.0769. The molecular weight excluding hydrogens is 320 g/mol. The van der Waals surface area contributed by atoms with Crippen LogP contribution >= 0.6 is 0 Å². The van der Waals surface area contributed by atoms with Gasteiger partial charge in [-0.15, -0.1) is 0 Å². The van der Waals surface area contributed by atoms with Crippen molar-refractivity contribution in [2.75, 3.05) is 20.2 Å². The predicted molar refractivity (Wildman–Crippen MR) is 96.4 cm³/mol. The molecule has 0 saturated carbocycles. The summed E-state index contributed by atoms with van der Waals surface area (Å²) in [6.07, 6.45) is 6.69. The Bertz CT molecular complexity index is 842. The summed E-state index contributed by atoms with van der Waals surface area (Å²) in [4.78, 5) is 29.2. The van der Waals surface area contributed by atoms with Crippen LogP contribution in [0.2, 0.25) is 0 Å². The lowest BCUT2D eigenvalue weighted by Crippen LogP contribution is -2.39. The second-order valence-electron chi connectivity index (χ2n) is 6.63. The van der Waals surface area contributed by atoms with E-state index in [1.165, 1.54) is 6.08 Å². The van der Waals surface area contributed by atoms with E-state index in [0.29, 0.717) is 24.3 Å². The molecule has 3 rings (SSSR count). The molecule has 0 aromatic carbocycles. The average Bonchev–Trinajstić information content (AvgIpc) is 3.02. The van der Waals surface area contributed by atoms with E-state index in [1.807, 2.05) is 13.8 Å². The van der Waals surface area contributed by atoms with Gasteiger partial charge in [0, 0.05) is 43.3 Å². The van der Waals surface area contributed by atoms with Crippen molar-refractivity contribution in [2.24, 2.45) is 0 Å².